The van der Waals surface area contributed by atoms with Crippen LogP contribution in [-0.2, 0) is 18.2 Å². The molecule has 0 aliphatic carbocycles. The van der Waals surface area contributed by atoms with Crippen molar-refractivity contribution in [2.75, 3.05) is 7.05 Å². The van der Waals surface area contributed by atoms with Crippen LogP contribution in [0.15, 0.2) is 0 Å². The van der Waals surface area contributed by atoms with Crippen molar-refractivity contribution in [3.63, 3.8) is 0 Å². The molecule has 0 spiro atoms. The normalized spacial score (nSPS) is 25.6. The van der Waals surface area contributed by atoms with Gasteiger partial charge in [0.1, 0.15) is 5.15 Å². The van der Waals surface area contributed by atoms with E-state index in [9.17, 15) is 0 Å². The summed E-state index contributed by atoms with van der Waals surface area (Å²) in [7, 11) is 3.86. The first-order valence-electron chi connectivity index (χ1n) is 6.53. The summed E-state index contributed by atoms with van der Waals surface area (Å²) in [4.78, 5) is 0. The first-order valence-corrected chi connectivity index (χ1v) is 6.91. The van der Waals surface area contributed by atoms with E-state index in [-0.39, 0.29) is 6.10 Å². The lowest BCUT2D eigenvalue weighted by atomic mass is 10.00. The van der Waals surface area contributed by atoms with E-state index in [0.29, 0.717) is 12.1 Å². The number of nitrogens with one attached hydrogen (secondary N) is 1. The maximum Gasteiger partial charge on any atom is 0.130 e. The fraction of sp³-hybridized carbons (Fsp3) is 0.769. The lowest BCUT2D eigenvalue weighted by Gasteiger charge is -2.23. The summed E-state index contributed by atoms with van der Waals surface area (Å²) in [6.45, 7) is 4.14. The van der Waals surface area contributed by atoms with Gasteiger partial charge >= 0.3 is 0 Å². The van der Waals surface area contributed by atoms with Crippen molar-refractivity contribution in [2.45, 2.75) is 51.4 Å². The van der Waals surface area contributed by atoms with E-state index in [1.165, 1.54) is 0 Å². The maximum atomic E-state index is 6.28. The van der Waals surface area contributed by atoms with E-state index in [1.807, 2.05) is 21.0 Å². The Hall–Kier alpha value is -0.580. The largest absolute Gasteiger partial charge is 0.374 e. The highest BCUT2D eigenvalue weighted by Gasteiger charge is 2.30. The molecular weight excluding hydrogens is 250 g/mol. The van der Waals surface area contributed by atoms with Crippen LogP contribution in [-0.4, -0.2) is 35.1 Å². The van der Waals surface area contributed by atoms with Gasteiger partial charge in [-0.05, 0) is 40.2 Å². The van der Waals surface area contributed by atoms with Gasteiger partial charge in [0.05, 0.1) is 17.9 Å². The number of nitrogens with zero attached hydrogens (tertiary/aromatic N) is 2. The van der Waals surface area contributed by atoms with Crippen molar-refractivity contribution in [1.82, 2.24) is 15.1 Å². The van der Waals surface area contributed by atoms with Gasteiger partial charge in [-0.25, -0.2) is 0 Å². The summed E-state index contributed by atoms with van der Waals surface area (Å²) in [5.41, 5.74) is 2.13. The molecule has 0 saturated carbocycles. The second-order valence-corrected chi connectivity index (χ2v) is 5.50. The Morgan fingerprint density at radius 3 is 2.72 bits per heavy atom. The molecule has 1 aromatic rings. The van der Waals surface area contributed by atoms with Crippen LogP contribution in [0, 0.1) is 6.92 Å². The minimum atomic E-state index is 0.278. The van der Waals surface area contributed by atoms with Gasteiger partial charge in [0.2, 0.25) is 0 Å². The van der Waals surface area contributed by atoms with Crippen molar-refractivity contribution in [3.8, 4) is 0 Å². The maximum absolute atomic E-state index is 6.28. The van der Waals surface area contributed by atoms with E-state index in [4.69, 9.17) is 16.3 Å². The SMILES string of the molecule is CNC(Cc1c(C)nn(C)c1Cl)C1CCC(C)O1. The third-order valence-electron chi connectivity index (χ3n) is 3.78. The predicted molar refractivity (Wildman–Crippen MR) is 73.1 cm³/mol. The average Bonchev–Trinajstić information content (AvgIpc) is 2.84. The molecule has 102 valence electrons. The number of likely N-dealkylation sites (N-methyl/N-ethyl adjacent to an activating group) is 1. The molecule has 2 heterocycles. The van der Waals surface area contributed by atoms with Gasteiger partial charge in [-0.1, -0.05) is 11.6 Å². The number of rotatable bonds is 4. The van der Waals surface area contributed by atoms with Crippen LogP contribution >= 0.6 is 11.6 Å². The number of ether oxygens (including phenoxy) is 1. The first kappa shape index (κ1) is 13.8. The van der Waals surface area contributed by atoms with Crippen LogP contribution < -0.4 is 5.32 Å². The van der Waals surface area contributed by atoms with Crippen LogP contribution in [0.3, 0.4) is 0 Å². The van der Waals surface area contributed by atoms with Gasteiger partial charge in [-0.2, -0.15) is 5.10 Å². The van der Waals surface area contributed by atoms with E-state index in [1.54, 1.807) is 4.68 Å². The molecule has 1 aliphatic heterocycles. The van der Waals surface area contributed by atoms with Crippen molar-refractivity contribution < 1.29 is 4.74 Å². The molecule has 1 saturated heterocycles. The molecule has 18 heavy (non-hydrogen) atoms. The molecule has 3 atom stereocenters. The molecule has 0 amide bonds. The van der Waals surface area contributed by atoms with Crippen LogP contribution in [0.4, 0.5) is 0 Å². The lowest BCUT2D eigenvalue weighted by Crippen LogP contribution is -2.39. The van der Waals surface area contributed by atoms with Crippen molar-refractivity contribution >= 4 is 11.6 Å². The van der Waals surface area contributed by atoms with Crippen LogP contribution in [0.1, 0.15) is 31.0 Å². The summed E-state index contributed by atoms with van der Waals surface area (Å²) >= 11 is 6.28. The molecule has 2 rings (SSSR count). The number of hydrogen-bond donors (Lipinski definition) is 1. The highest BCUT2D eigenvalue weighted by molar-refractivity contribution is 6.30. The summed E-state index contributed by atoms with van der Waals surface area (Å²) < 4.78 is 7.67. The zero-order valence-electron chi connectivity index (χ0n) is 11.5. The molecule has 1 aromatic heterocycles. The summed E-state index contributed by atoms with van der Waals surface area (Å²) in [5.74, 6) is 0. The predicted octanol–water partition coefficient (Wildman–Crippen LogP) is 2.08. The van der Waals surface area contributed by atoms with Crippen LogP contribution in [0.25, 0.3) is 0 Å². The zero-order valence-corrected chi connectivity index (χ0v) is 12.3. The quantitative estimate of drug-likeness (QED) is 0.911. The number of hydrogen-bond acceptors (Lipinski definition) is 3. The third-order valence-corrected chi connectivity index (χ3v) is 4.25. The van der Waals surface area contributed by atoms with Crippen LogP contribution in [0.5, 0.6) is 0 Å². The molecule has 0 radical (unpaired) electrons. The summed E-state index contributed by atoms with van der Waals surface area (Å²) in [5, 5.41) is 8.45. The van der Waals surface area contributed by atoms with Gasteiger partial charge in [-0.3, -0.25) is 4.68 Å². The third kappa shape index (κ3) is 2.71. The first-order chi connectivity index (χ1) is 8.52. The van der Waals surface area contributed by atoms with Gasteiger partial charge in [0, 0.05) is 18.7 Å². The Balaban J connectivity index is 2.10. The second kappa shape index (κ2) is 5.59. The van der Waals surface area contributed by atoms with Gasteiger partial charge in [-0.15, -0.1) is 0 Å². The number of aryl methyl sites for hydroxylation is 2. The molecule has 0 bridgehead atoms. The average molecular weight is 272 g/mol. The second-order valence-electron chi connectivity index (χ2n) is 5.14. The Bertz CT molecular complexity index is 419. The standard InChI is InChI=1S/C13H22ClN3O/c1-8-5-6-12(18-8)11(15-3)7-10-9(2)16-17(4)13(10)14/h8,11-12,15H,5-7H2,1-4H3. The van der Waals surface area contributed by atoms with Gasteiger partial charge < -0.3 is 10.1 Å². The minimum absolute atomic E-state index is 0.278. The highest BCUT2D eigenvalue weighted by Crippen LogP contribution is 2.26. The fourth-order valence-corrected chi connectivity index (χ4v) is 2.93. The lowest BCUT2D eigenvalue weighted by molar-refractivity contribution is 0.0337. The van der Waals surface area contributed by atoms with Crippen molar-refractivity contribution in [2.24, 2.45) is 7.05 Å². The molecule has 1 N–H and O–H groups in total. The Morgan fingerprint density at radius 1 is 1.56 bits per heavy atom. The van der Waals surface area contributed by atoms with Gasteiger partial charge in [0.25, 0.3) is 0 Å². The molecule has 1 aliphatic rings. The fourth-order valence-electron chi connectivity index (χ4n) is 2.67. The molecule has 5 heteroatoms. The molecule has 0 aromatic carbocycles. The summed E-state index contributed by atoms with van der Waals surface area (Å²) in [6, 6.07) is 0.301. The Morgan fingerprint density at radius 2 is 2.28 bits per heavy atom. The number of halogens is 1. The minimum Gasteiger partial charge on any atom is -0.374 e. The zero-order chi connectivity index (χ0) is 13.3. The topological polar surface area (TPSA) is 39.1 Å². The highest BCUT2D eigenvalue weighted by atomic mass is 35.5. The van der Waals surface area contributed by atoms with Crippen LogP contribution in [0.2, 0.25) is 5.15 Å². The number of aromatic nitrogens is 2. The summed E-state index contributed by atoms with van der Waals surface area (Å²) in [6.07, 6.45) is 3.77. The molecule has 3 unspecified atom stereocenters. The Kier molecular flexibility index (Phi) is 4.30. The molecule has 1 fully saturated rings. The smallest absolute Gasteiger partial charge is 0.130 e. The monoisotopic (exact) mass is 271 g/mol. The van der Waals surface area contributed by atoms with E-state index in [0.717, 1.165) is 35.7 Å². The van der Waals surface area contributed by atoms with Gasteiger partial charge in [0.15, 0.2) is 0 Å². The Labute approximate surface area is 114 Å². The van der Waals surface area contributed by atoms with E-state index >= 15 is 0 Å². The molecule has 4 nitrogen and oxygen atoms in total. The van der Waals surface area contributed by atoms with E-state index < -0.39 is 0 Å². The van der Waals surface area contributed by atoms with E-state index in [2.05, 4.69) is 17.3 Å². The van der Waals surface area contributed by atoms with Crippen molar-refractivity contribution in [1.29, 1.82) is 0 Å². The molecular formula is C13H22ClN3O. The van der Waals surface area contributed by atoms with Crippen molar-refractivity contribution in [3.05, 3.63) is 16.4 Å².